The Morgan fingerprint density at radius 1 is 1.44 bits per heavy atom. The van der Waals surface area contributed by atoms with Crippen LogP contribution < -0.4 is 5.32 Å². The van der Waals surface area contributed by atoms with Crippen molar-refractivity contribution in [1.82, 2.24) is 10.2 Å². The molecule has 0 aromatic heterocycles. The summed E-state index contributed by atoms with van der Waals surface area (Å²) in [6.07, 6.45) is 0.210. The first kappa shape index (κ1) is 13.5. The van der Waals surface area contributed by atoms with Gasteiger partial charge in [-0.05, 0) is 12.6 Å². The largest absolute Gasteiger partial charge is 0.394 e. The van der Waals surface area contributed by atoms with Crippen LogP contribution in [0.2, 0.25) is 0 Å². The molecule has 2 unspecified atom stereocenters. The van der Waals surface area contributed by atoms with Crippen LogP contribution in [0.4, 0.5) is 0 Å². The van der Waals surface area contributed by atoms with Crippen molar-refractivity contribution in [2.75, 3.05) is 39.9 Å². The molecule has 1 aromatic rings. The van der Waals surface area contributed by atoms with Gasteiger partial charge in [0.2, 0.25) is 0 Å². The first-order valence-corrected chi connectivity index (χ1v) is 6.49. The number of hydrogen-bond acceptors (Lipinski definition) is 4. The predicted octanol–water partition coefficient (Wildman–Crippen LogP) is 0.640. The zero-order valence-electron chi connectivity index (χ0n) is 10.9. The number of aliphatic hydroxyl groups excluding tert-OH is 1. The van der Waals surface area contributed by atoms with Crippen molar-refractivity contribution in [1.29, 1.82) is 0 Å². The lowest BCUT2D eigenvalue weighted by molar-refractivity contribution is -0.0200. The first-order valence-electron chi connectivity index (χ1n) is 6.49. The number of rotatable bonds is 5. The molecule has 0 radical (unpaired) electrons. The molecule has 0 aliphatic carbocycles. The summed E-state index contributed by atoms with van der Waals surface area (Å²) in [7, 11) is 2.11. The molecule has 1 fully saturated rings. The summed E-state index contributed by atoms with van der Waals surface area (Å²) >= 11 is 0. The van der Waals surface area contributed by atoms with Gasteiger partial charge in [0.25, 0.3) is 0 Å². The Kier molecular flexibility index (Phi) is 5.13. The summed E-state index contributed by atoms with van der Waals surface area (Å²) in [4.78, 5) is 2.27. The maximum Gasteiger partial charge on any atom is 0.0826 e. The van der Waals surface area contributed by atoms with E-state index in [0.717, 1.165) is 31.8 Å². The molecule has 1 aliphatic rings. The minimum absolute atomic E-state index is 0.0120. The second kappa shape index (κ2) is 6.85. The zero-order valence-corrected chi connectivity index (χ0v) is 10.9. The average Bonchev–Trinajstić information content (AvgIpc) is 2.41. The summed E-state index contributed by atoms with van der Waals surface area (Å²) in [6, 6.07) is 10.0. The van der Waals surface area contributed by atoms with E-state index in [2.05, 4.69) is 17.3 Å². The van der Waals surface area contributed by atoms with Gasteiger partial charge in [-0.15, -0.1) is 0 Å². The Bertz CT molecular complexity index is 345. The third-order valence-electron chi connectivity index (χ3n) is 3.32. The number of likely N-dealkylation sites (N-methyl/N-ethyl adjacent to an activating group) is 1. The van der Waals surface area contributed by atoms with Crippen molar-refractivity contribution in [3.63, 3.8) is 0 Å². The quantitative estimate of drug-likeness (QED) is 0.805. The van der Waals surface area contributed by atoms with Gasteiger partial charge in [0.1, 0.15) is 0 Å². The highest BCUT2D eigenvalue weighted by molar-refractivity contribution is 5.18. The lowest BCUT2D eigenvalue weighted by atomic mass is 10.1. The van der Waals surface area contributed by atoms with Gasteiger partial charge in [0.05, 0.1) is 25.4 Å². The second-order valence-electron chi connectivity index (χ2n) is 4.81. The van der Waals surface area contributed by atoms with Crippen LogP contribution in [0.1, 0.15) is 11.6 Å². The molecular formula is C14H22N2O2. The number of benzene rings is 1. The molecule has 0 spiro atoms. The summed E-state index contributed by atoms with van der Waals surface area (Å²) in [5.74, 6) is 0. The maximum absolute atomic E-state index is 9.45. The van der Waals surface area contributed by atoms with E-state index in [1.165, 1.54) is 0 Å². The Labute approximate surface area is 109 Å². The van der Waals surface area contributed by atoms with Gasteiger partial charge in [0.15, 0.2) is 0 Å². The molecule has 4 nitrogen and oxygen atoms in total. The number of morpholine rings is 1. The highest BCUT2D eigenvalue weighted by atomic mass is 16.5. The van der Waals surface area contributed by atoms with Crippen LogP contribution in [0.3, 0.4) is 0 Å². The molecule has 1 saturated heterocycles. The summed E-state index contributed by atoms with van der Waals surface area (Å²) in [5.41, 5.74) is 1.11. The van der Waals surface area contributed by atoms with Gasteiger partial charge < -0.3 is 20.1 Å². The van der Waals surface area contributed by atoms with Gasteiger partial charge in [0, 0.05) is 19.6 Å². The fraction of sp³-hybridized carbons (Fsp3) is 0.571. The molecule has 18 heavy (non-hydrogen) atoms. The van der Waals surface area contributed by atoms with Crippen molar-refractivity contribution in [2.45, 2.75) is 12.1 Å². The lowest BCUT2D eigenvalue weighted by Crippen LogP contribution is -2.45. The molecule has 1 heterocycles. The van der Waals surface area contributed by atoms with E-state index in [0.29, 0.717) is 0 Å². The van der Waals surface area contributed by atoms with Crippen LogP contribution in [0.25, 0.3) is 0 Å². The van der Waals surface area contributed by atoms with Crippen LogP contribution in [-0.2, 0) is 4.74 Å². The van der Waals surface area contributed by atoms with Gasteiger partial charge in [-0.2, -0.15) is 0 Å². The molecule has 100 valence electrons. The minimum Gasteiger partial charge on any atom is -0.394 e. The molecule has 0 amide bonds. The number of ether oxygens (including phenoxy) is 1. The van der Waals surface area contributed by atoms with E-state index in [9.17, 15) is 5.11 Å². The zero-order chi connectivity index (χ0) is 12.8. The van der Waals surface area contributed by atoms with E-state index in [1.54, 1.807) is 0 Å². The topological polar surface area (TPSA) is 44.7 Å². The highest BCUT2D eigenvalue weighted by Crippen LogP contribution is 2.12. The molecular weight excluding hydrogens is 228 g/mol. The average molecular weight is 250 g/mol. The number of nitrogens with zero attached hydrogens (tertiary/aromatic N) is 1. The SMILES string of the molecule is CN1CCOC(CNC(CO)c2ccccc2)C1. The van der Waals surface area contributed by atoms with E-state index < -0.39 is 0 Å². The van der Waals surface area contributed by atoms with Crippen LogP contribution in [-0.4, -0.2) is 56.0 Å². The van der Waals surface area contributed by atoms with Crippen LogP contribution in [0.5, 0.6) is 0 Å². The monoisotopic (exact) mass is 250 g/mol. The maximum atomic E-state index is 9.45. The Balaban J connectivity index is 1.84. The third kappa shape index (κ3) is 3.78. The fourth-order valence-electron chi connectivity index (χ4n) is 2.24. The lowest BCUT2D eigenvalue weighted by Gasteiger charge is -2.31. The van der Waals surface area contributed by atoms with Crippen LogP contribution in [0, 0.1) is 0 Å². The van der Waals surface area contributed by atoms with E-state index in [1.807, 2.05) is 30.3 Å². The van der Waals surface area contributed by atoms with Gasteiger partial charge in [-0.25, -0.2) is 0 Å². The first-order chi connectivity index (χ1) is 8.79. The van der Waals surface area contributed by atoms with Gasteiger partial charge in [-0.1, -0.05) is 30.3 Å². The summed E-state index contributed by atoms with van der Waals surface area (Å²) in [6.45, 7) is 3.60. The van der Waals surface area contributed by atoms with Crippen LogP contribution in [0.15, 0.2) is 30.3 Å². The highest BCUT2D eigenvalue weighted by Gasteiger charge is 2.19. The molecule has 2 atom stereocenters. The second-order valence-corrected chi connectivity index (χ2v) is 4.81. The van der Waals surface area contributed by atoms with Crippen molar-refractivity contribution in [3.05, 3.63) is 35.9 Å². The van der Waals surface area contributed by atoms with E-state index in [4.69, 9.17) is 4.74 Å². The molecule has 2 rings (SSSR count). The van der Waals surface area contributed by atoms with Gasteiger partial charge in [-0.3, -0.25) is 0 Å². The minimum atomic E-state index is -0.0120. The molecule has 0 bridgehead atoms. The van der Waals surface area contributed by atoms with Crippen LogP contribution >= 0.6 is 0 Å². The summed E-state index contributed by atoms with van der Waals surface area (Å²) in [5, 5.41) is 12.8. The molecule has 0 saturated carbocycles. The van der Waals surface area contributed by atoms with E-state index >= 15 is 0 Å². The number of hydrogen-bond donors (Lipinski definition) is 2. The smallest absolute Gasteiger partial charge is 0.0826 e. The Hall–Kier alpha value is -0.940. The van der Waals surface area contributed by atoms with Crippen molar-refractivity contribution in [2.24, 2.45) is 0 Å². The number of aliphatic hydroxyl groups is 1. The molecule has 1 aromatic carbocycles. The van der Waals surface area contributed by atoms with Crippen molar-refractivity contribution < 1.29 is 9.84 Å². The third-order valence-corrected chi connectivity index (χ3v) is 3.32. The molecule has 4 heteroatoms. The van der Waals surface area contributed by atoms with Crippen molar-refractivity contribution >= 4 is 0 Å². The van der Waals surface area contributed by atoms with E-state index in [-0.39, 0.29) is 18.8 Å². The predicted molar refractivity (Wildman–Crippen MR) is 71.5 cm³/mol. The summed E-state index contributed by atoms with van der Waals surface area (Å²) < 4.78 is 5.69. The number of nitrogens with one attached hydrogen (secondary N) is 1. The Morgan fingerprint density at radius 2 is 2.22 bits per heavy atom. The molecule has 2 N–H and O–H groups in total. The Morgan fingerprint density at radius 3 is 2.89 bits per heavy atom. The van der Waals surface area contributed by atoms with Gasteiger partial charge >= 0.3 is 0 Å². The normalized spacial score (nSPS) is 22.9. The molecule has 1 aliphatic heterocycles. The van der Waals surface area contributed by atoms with Crippen molar-refractivity contribution in [3.8, 4) is 0 Å². The fourth-order valence-corrected chi connectivity index (χ4v) is 2.24. The standard InChI is InChI=1S/C14H22N2O2/c1-16-7-8-18-13(10-16)9-15-14(11-17)12-5-3-2-4-6-12/h2-6,13-15,17H,7-11H2,1H3.